The maximum absolute atomic E-state index is 8.71. The second-order valence-electron chi connectivity index (χ2n) is 2.75. The molecule has 1 heteroatoms. The average molecular weight is 142 g/mol. The van der Waals surface area contributed by atoms with Gasteiger partial charge < -0.3 is 5.11 Å². The van der Waals surface area contributed by atoms with Gasteiger partial charge in [0.15, 0.2) is 0 Å². The molecule has 10 heavy (non-hydrogen) atoms. The monoisotopic (exact) mass is 142 g/mol. The Morgan fingerprint density at radius 2 is 1.90 bits per heavy atom. The fraction of sp³-hybridized carbons (Fsp3) is 0.778. The number of allylic oxidation sites excluding steroid dienone is 1. The van der Waals surface area contributed by atoms with E-state index in [4.69, 9.17) is 5.11 Å². The van der Waals surface area contributed by atoms with Crippen LogP contribution in [0.3, 0.4) is 0 Å². The first-order valence-corrected chi connectivity index (χ1v) is 4.02. The molecule has 0 amide bonds. The highest BCUT2D eigenvalue weighted by molar-refractivity contribution is 5.00. The van der Waals surface area contributed by atoms with Crippen molar-refractivity contribution in [3.8, 4) is 0 Å². The van der Waals surface area contributed by atoms with Crippen molar-refractivity contribution in [2.75, 3.05) is 6.61 Å². The molecular weight excluding hydrogens is 124 g/mol. The summed E-state index contributed by atoms with van der Waals surface area (Å²) in [4.78, 5) is 0. The van der Waals surface area contributed by atoms with Gasteiger partial charge in [0.1, 0.15) is 0 Å². The van der Waals surface area contributed by atoms with Gasteiger partial charge in [0.25, 0.3) is 0 Å². The smallest absolute Gasteiger partial charge is 0.0639 e. The Kier molecular flexibility index (Phi) is 5.32. The Balaban J connectivity index is 3.80. The third-order valence-electron chi connectivity index (χ3n) is 1.82. The zero-order valence-electron chi connectivity index (χ0n) is 7.22. The molecule has 0 radical (unpaired) electrons. The van der Waals surface area contributed by atoms with Gasteiger partial charge in [-0.3, -0.25) is 0 Å². The number of aliphatic hydroxyl groups is 1. The van der Waals surface area contributed by atoms with E-state index in [1.165, 1.54) is 12.8 Å². The first-order chi connectivity index (χ1) is 4.74. The second kappa shape index (κ2) is 5.48. The van der Waals surface area contributed by atoms with Crippen molar-refractivity contribution in [2.24, 2.45) is 5.92 Å². The van der Waals surface area contributed by atoms with E-state index in [0.29, 0.717) is 5.92 Å². The van der Waals surface area contributed by atoms with Gasteiger partial charge in [-0.1, -0.05) is 25.5 Å². The lowest BCUT2D eigenvalue weighted by atomic mass is 10.0. The van der Waals surface area contributed by atoms with E-state index in [1.54, 1.807) is 0 Å². The van der Waals surface area contributed by atoms with Crippen LogP contribution in [0, 0.1) is 5.92 Å². The largest absolute Gasteiger partial charge is 0.392 e. The van der Waals surface area contributed by atoms with Gasteiger partial charge in [0, 0.05) is 0 Å². The second-order valence-corrected chi connectivity index (χ2v) is 2.75. The molecule has 0 aliphatic rings. The van der Waals surface area contributed by atoms with Gasteiger partial charge in [-0.25, -0.2) is 0 Å². The quantitative estimate of drug-likeness (QED) is 0.597. The third-order valence-corrected chi connectivity index (χ3v) is 1.82. The molecule has 0 spiro atoms. The summed E-state index contributed by atoms with van der Waals surface area (Å²) in [5, 5.41) is 8.71. The first kappa shape index (κ1) is 9.70. The summed E-state index contributed by atoms with van der Waals surface area (Å²) < 4.78 is 0. The Labute approximate surface area is 63.8 Å². The van der Waals surface area contributed by atoms with Gasteiger partial charge in [-0.15, -0.1) is 0 Å². The summed E-state index contributed by atoms with van der Waals surface area (Å²) in [6.07, 6.45) is 4.52. The molecule has 0 atom stereocenters. The molecule has 0 saturated heterocycles. The summed E-state index contributed by atoms with van der Waals surface area (Å²) in [6.45, 7) is 6.53. The molecule has 0 aromatic rings. The van der Waals surface area contributed by atoms with Gasteiger partial charge in [-0.05, 0) is 25.7 Å². The first-order valence-electron chi connectivity index (χ1n) is 4.02. The van der Waals surface area contributed by atoms with E-state index in [9.17, 15) is 0 Å². The van der Waals surface area contributed by atoms with E-state index in [-0.39, 0.29) is 6.61 Å². The molecule has 0 unspecified atom stereocenters. The van der Waals surface area contributed by atoms with Crippen LogP contribution in [0.5, 0.6) is 0 Å². The van der Waals surface area contributed by atoms with E-state index in [1.807, 2.05) is 6.92 Å². The Hall–Kier alpha value is -0.300. The minimum atomic E-state index is 0.205. The van der Waals surface area contributed by atoms with Crippen LogP contribution in [0.25, 0.3) is 0 Å². The minimum absolute atomic E-state index is 0.205. The molecule has 0 saturated carbocycles. The predicted molar refractivity (Wildman–Crippen MR) is 44.9 cm³/mol. The number of hydrogen-bond acceptors (Lipinski definition) is 1. The summed E-state index contributed by atoms with van der Waals surface area (Å²) in [5.41, 5.74) is 1.09. The zero-order valence-corrected chi connectivity index (χ0v) is 7.22. The Morgan fingerprint density at radius 1 is 1.40 bits per heavy atom. The maximum Gasteiger partial charge on any atom is 0.0639 e. The fourth-order valence-corrected chi connectivity index (χ4v) is 0.979. The standard InChI is InChI=1S/C9H18O/c1-4-9(5-2)6-8(3)7-10/h6,9-10H,4-5,7H2,1-3H3/b8-6-. The van der Waals surface area contributed by atoms with Crippen molar-refractivity contribution >= 4 is 0 Å². The Morgan fingerprint density at radius 3 is 2.20 bits per heavy atom. The van der Waals surface area contributed by atoms with Crippen molar-refractivity contribution in [1.29, 1.82) is 0 Å². The van der Waals surface area contributed by atoms with Crippen LogP contribution in [-0.2, 0) is 0 Å². The van der Waals surface area contributed by atoms with Gasteiger partial charge in [-0.2, -0.15) is 0 Å². The number of rotatable bonds is 4. The van der Waals surface area contributed by atoms with E-state index in [2.05, 4.69) is 19.9 Å². The lowest BCUT2D eigenvalue weighted by Gasteiger charge is -2.06. The van der Waals surface area contributed by atoms with E-state index in [0.717, 1.165) is 5.57 Å². The summed E-state index contributed by atoms with van der Waals surface area (Å²) >= 11 is 0. The molecule has 0 aliphatic heterocycles. The summed E-state index contributed by atoms with van der Waals surface area (Å²) in [5.74, 6) is 0.659. The number of hydrogen-bond donors (Lipinski definition) is 1. The molecule has 0 heterocycles. The molecular formula is C9H18O. The lowest BCUT2D eigenvalue weighted by molar-refractivity contribution is 0.329. The lowest BCUT2D eigenvalue weighted by Crippen LogP contribution is -1.94. The van der Waals surface area contributed by atoms with Crippen LogP contribution in [0.4, 0.5) is 0 Å². The maximum atomic E-state index is 8.71. The SMILES string of the molecule is CCC(/C=C(/C)CO)CC. The van der Waals surface area contributed by atoms with Crippen LogP contribution in [0.15, 0.2) is 11.6 Å². The van der Waals surface area contributed by atoms with Crippen LogP contribution in [0.2, 0.25) is 0 Å². The summed E-state index contributed by atoms with van der Waals surface area (Å²) in [6, 6.07) is 0. The zero-order chi connectivity index (χ0) is 7.98. The van der Waals surface area contributed by atoms with Crippen molar-refractivity contribution < 1.29 is 5.11 Å². The fourth-order valence-electron chi connectivity index (χ4n) is 0.979. The summed E-state index contributed by atoms with van der Waals surface area (Å²) in [7, 11) is 0. The van der Waals surface area contributed by atoms with Crippen molar-refractivity contribution in [2.45, 2.75) is 33.6 Å². The average Bonchev–Trinajstić information content (AvgIpc) is 1.99. The molecule has 0 aromatic carbocycles. The topological polar surface area (TPSA) is 20.2 Å². The molecule has 60 valence electrons. The highest BCUT2D eigenvalue weighted by Crippen LogP contribution is 2.11. The molecule has 0 bridgehead atoms. The van der Waals surface area contributed by atoms with Crippen LogP contribution in [-0.4, -0.2) is 11.7 Å². The van der Waals surface area contributed by atoms with Gasteiger partial charge >= 0.3 is 0 Å². The van der Waals surface area contributed by atoms with Crippen molar-refractivity contribution in [3.63, 3.8) is 0 Å². The number of aliphatic hydroxyl groups excluding tert-OH is 1. The van der Waals surface area contributed by atoms with Crippen LogP contribution < -0.4 is 0 Å². The van der Waals surface area contributed by atoms with E-state index < -0.39 is 0 Å². The van der Waals surface area contributed by atoms with Crippen LogP contribution >= 0.6 is 0 Å². The van der Waals surface area contributed by atoms with Crippen LogP contribution in [0.1, 0.15) is 33.6 Å². The molecule has 0 aliphatic carbocycles. The van der Waals surface area contributed by atoms with Crippen molar-refractivity contribution in [1.82, 2.24) is 0 Å². The highest BCUT2D eigenvalue weighted by Gasteiger charge is 1.97. The molecule has 0 aromatic heterocycles. The molecule has 0 rings (SSSR count). The normalized spacial score (nSPS) is 12.7. The molecule has 1 N–H and O–H groups in total. The Bertz CT molecular complexity index is 101. The predicted octanol–water partition coefficient (Wildman–Crippen LogP) is 2.36. The van der Waals surface area contributed by atoms with E-state index >= 15 is 0 Å². The highest BCUT2D eigenvalue weighted by atomic mass is 16.3. The third kappa shape index (κ3) is 3.67. The minimum Gasteiger partial charge on any atom is -0.392 e. The van der Waals surface area contributed by atoms with Gasteiger partial charge in [0.05, 0.1) is 6.61 Å². The van der Waals surface area contributed by atoms with Crippen molar-refractivity contribution in [3.05, 3.63) is 11.6 Å². The van der Waals surface area contributed by atoms with Gasteiger partial charge in [0.2, 0.25) is 0 Å². The molecule has 1 nitrogen and oxygen atoms in total. The molecule has 0 fully saturated rings.